The van der Waals surface area contributed by atoms with E-state index >= 15 is 0 Å². The Kier molecular flexibility index (Phi) is 5.36. The Hall–Kier alpha value is -2.07. The maximum atomic E-state index is 13.5. The van der Waals surface area contributed by atoms with E-state index in [0.29, 0.717) is 23.9 Å². The van der Waals surface area contributed by atoms with Crippen LogP contribution in [0.3, 0.4) is 0 Å². The van der Waals surface area contributed by atoms with Crippen molar-refractivity contribution in [3.8, 4) is 17.2 Å². The molecule has 1 fully saturated rings. The summed E-state index contributed by atoms with van der Waals surface area (Å²) in [4.78, 5) is 2.45. The third-order valence-corrected chi connectivity index (χ3v) is 4.28. The lowest BCUT2D eigenvalue weighted by Crippen LogP contribution is -2.18. The molecule has 3 rings (SSSR count). The summed E-state index contributed by atoms with van der Waals surface area (Å²) < 4.78 is 25.1. The van der Waals surface area contributed by atoms with Crippen molar-refractivity contribution in [1.29, 1.82) is 0 Å². The molecule has 0 amide bonds. The second-order valence-electron chi connectivity index (χ2n) is 6.21. The van der Waals surface area contributed by atoms with Gasteiger partial charge < -0.3 is 9.47 Å². The van der Waals surface area contributed by atoms with Gasteiger partial charge in [-0.2, -0.15) is 0 Å². The summed E-state index contributed by atoms with van der Waals surface area (Å²) in [5, 5.41) is 0. The summed E-state index contributed by atoms with van der Waals surface area (Å²) in [6.07, 6.45) is 2.55. The molecule has 3 nitrogen and oxygen atoms in total. The fraction of sp³-hybridized carbons (Fsp3) is 0.400. The molecule has 0 aromatic heterocycles. The van der Waals surface area contributed by atoms with Crippen molar-refractivity contribution >= 4 is 0 Å². The molecule has 0 aliphatic carbocycles. The Morgan fingerprint density at radius 2 is 1.79 bits per heavy atom. The molecule has 0 N–H and O–H groups in total. The molecule has 1 aliphatic rings. The van der Waals surface area contributed by atoms with E-state index in [1.54, 1.807) is 6.07 Å². The lowest BCUT2D eigenvalue weighted by atomic mass is 10.2. The SMILES string of the molecule is CCOc1cc(CN2CCCC2)ccc1Oc1cc(F)ccc1C. The minimum absolute atomic E-state index is 0.306. The van der Waals surface area contributed by atoms with E-state index in [1.165, 1.54) is 30.5 Å². The highest BCUT2D eigenvalue weighted by Gasteiger charge is 2.14. The number of ether oxygens (including phenoxy) is 2. The highest BCUT2D eigenvalue weighted by Crippen LogP contribution is 2.34. The average molecular weight is 329 g/mol. The van der Waals surface area contributed by atoms with Crippen LogP contribution in [-0.4, -0.2) is 24.6 Å². The second-order valence-corrected chi connectivity index (χ2v) is 6.21. The van der Waals surface area contributed by atoms with Gasteiger partial charge in [0.25, 0.3) is 0 Å². The van der Waals surface area contributed by atoms with Crippen LogP contribution in [0, 0.1) is 12.7 Å². The van der Waals surface area contributed by atoms with Crippen molar-refractivity contribution < 1.29 is 13.9 Å². The first-order valence-corrected chi connectivity index (χ1v) is 8.58. The van der Waals surface area contributed by atoms with Gasteiger partial charge in [-0.3, -0.25) is 4.90 Å². The third-order valence-electron chi connectivity index (χ3n) is 4.28. The summed E-state index contributed by atoms with van der Waals surface area (Å²) in [6.45, 7) is 7.65. The monoisotopic (exact) mass is 329 g/mol. The van der Waals surface area contributed by atoms with Crippen LogP contribution in [0.1, 0.15) is 30.9 Å². The molecule has 2 aromatic carbocycles. The van der Waals surface area contributed by atoms with Crippen LogP contribution < -0.4 is 9.47 Å². The molecule has 0 radical (unpaired) electrons. The first-order valence-electron chi connectivity index (χ1n) is 8.58. The summed E-state index contributed by atoms with van der Waals surface area (Å²) >= 11 is 0. The minimum atomic E-state index is -0.306. The van der Waals surface area contributed by atoms with E-state index in [0.717, 1.165) is 25.2 Å². The summed E-state index contributed by atoms with van der Waals surface area (Å²) in [7, 11) is 0. The number of nitrogens with zero attached hydrogens (tertiary/aromatic N) is 1. The molecule has 24 heavy (non-hydrogen) atoms. The van der Waals surface area contributed by atoms with Gasteiger partial charge in [-0.05, 0) is 69.1 Å². The molecule has 1 saturated heterocycles. The summed E-state index contributed by atoms with van der Waals surface area (Å²) in [5.74, 6) is 1.54. The number of aryl methyl sites for hydroxylation is 1. The number of halogens is 1. The zero-order valence-electron chi connectivity index (χ0n) is 14.3. The van der Waals surface area contributed by atoms with Crippen molar-refractivity contribution in [1.82, 2.24) is 4.90 Å². The van der Waals surface area contributed by atoms with Crippen LogP contribution in [0.15, 0.2) is 36.4 Å². The second kappa shape index (κ2) is 7.67. The van der Waals surface area contributed by atoms with Gasteiger partial charge in [-0.25, -0.2) is 4.39 Å². The Morgan fingerprint density at radius 3 is 2.54 bits per heavy atom. The molecule has 0 spiro atoms. The van der Waals surface area contributed by atoms with Gasteiger partial charge in [0.1, 0.15) is 11.6 Å². The Labute approximate surface area is 143 Å². The van der Waals surface area contributed by atoms with E-state index in [4.69, 9.17) is 9.47 Å². The Balaban J connectivity index is 1.82. The van der Waals surface area contributed by atoms with Gasteiger partial charge in [0.2, 0.25) is 0 Å². The van der Waals surface area contributed by atoms with E-state index in [2.05, 4.69) is 11.0 Å². The normalized spacial score (nSPS) is 14.8. The number of benzene rings is 2. The fourth-order valence-corrected chi connectivity index (χ4v) is 3.00. The number of hydrogen-bond donors (Lipinski definition) is 0. The zero-order chi connectivity index (χ0) is 16.9. The molecule has 128 valence electrons. The van der Waals surface area contributed by atoms with Crippen molar-refractivity contribution in [2.75, 3.05) is 19.7 Å². The Bertz CT molecular complexity index is 696. The predicted octanol–water partition coefficient (Wildman–Crippen LogP) is 4.92. The lowest BCUT2D eigenvalue weighted by molar-refractivity contribution is 0.314. The largest absolute Gasteiger partial charge is 0.490 e. The van der Waals surface area contributed by atoms with Crippen LogP contribution in [-0.2, 0) is 6.54 Å². The molecular formula is C20H24FNO2. The molecule has 0 atom stereocenters. The zero-order valence-corrected chi connectivity index (χ0v) is 14.3. The average Bonchev–Trinajstić information content (AvgIpc) is 3.06. The van der Waals surface area contributed by atoms with Gasteiger partial charge in [0.05, 0.1) is 6.61 Å². The standard InChI is InChI=1S/C20H24FNO2/c1-3-23-20-12-16(14-22-10-4-5-11-22)7-9-18(20)24-19-13-17(21)8-6-15(19)2/h6-9,12-13H,3-5,10-11,14H2,1-2H3. The van der Waals surface area contributed by atoms with Crippen molar-refractivity contribution in [3.05, 3.63) is 53.3 Å². The smallest absolute Gasteiger partial charge is 0.169 e. The molecule has 0 saturated carbocycles. The van der Waals surface area contributed by atoms with Crippen molar-refractivity contribution in [3.63, 3.8) is 0 Å². The van der Waals surface area contributed by atoms with Crippen LogP contribution in [0.5, 0.6) is 17.2 Å². The third kappa shape index (κ3) is 4.06. The molecule has 2 aromatic rings. The first kappa shape index (κ1) is 16.8. The molecule has 4 heteroatoms. The molecular weight excluding hydrogens is 305 g/mol. The predicted molar refractivity (Wildman–Crippen MR) is 93.3 cm³/mol. The summed E-state index contributed by atoms with van der Waals surface area (Å²) in [6, 6.07) is 10.6. The number of rotatable bonds is 6. The molecule has 1 heterocycles. The highest BCUT2D eigenvalue weighted by atomic mass is 19.1. The van der Waals surface area contributed by atoms with Crippen molar-refractivity contribution in [2.45, 2.75) is 33.2 Å². The van der Waals surface area contributed by atoms with Crippen molar-refractivity contribution in [2.24, 2.45) is 0 Å². The quantitative estimate of drug-likeness (QED) is 0.751. The molecule has 0 unspecified atom stereocenters. The molecule has 1 aliphatic heterocycles. The fourth-order valence-electron chi connectivity index (χ4n) is 3.00. The van der Waals surface area contributed by atoms with Gasteiger partial charge in [-0.1, -0.05) is 12.1 Å². The van der Waals surface area contributed by atoms with E-state index < -0.39 is 0 Å². The van der Waals surface area contributed by atoms with Crippen LogP contribution in [0.25, 0.3) is 0 Å². The molecule has 0 bridgehead atoms. The van der Waals surface area contributed by atoms with Crippen LogP contribution >= 0.6 is 0 Å². The number of likely N-dealkylation sites (tertiary alicyclic amines) is 1. The van der Waals surface area contributed by atoms with E-state index in [-0.39, 0.29) is 5.82 Å². The maximum absolute atomic E-state index is 13.5. The van der Waals surface area contributed by atoms with Crippen LogP contribution in [0.2, 0.25) is 0 Å². The highest BCUT2D eigenvalue weighted by molar-refractivity contribution is 5.47. The minimum Gasteiger partial charge on any atom is -0.490 e. The van der Waals surface area contributed by atoms with Crippen LogP contribution in [0.4, 0.5) is 4.39 Å². The van der Waals surface area contributed by atoms with Gasteiger partial charge in [-0.15, -0.1) is 0 Å². The first-order chi connectivity index (χ1) is 11.7. The number of hydrogen-bond acceptors (Lipinski definition) is 3. The van der Waals surface area contributed by atoms with Gasteiger partial charge >= 0.3 is 0 Å². The van der Waals surface area contributed by atoms with E-state index in [1.807, 2.05) is 26.0 Å². The maximum Gasteiger partial charge on any atom is 0.169 e. The lowest BCUT2D eigenvalue weighted by Gasteiger charge is -2.17. The summed E-state index contributed by atoms with van der Waals surface area (Å²) in [5.41, 5.74) is 2.10. The topological polar surface area (TPSA) is 21.7 Å². The van der Waals surface area contributed by atoms with Gasteiger partial charge in [0, 0.05) is 12.6 Å². The van der Waals surface area contributed by atoms with Gasteiger partial charge in [0.15, 0.2) is 11.5 Å². The van der Waals surface area contributed by atoms with E-state index in [9.17, 15) is 4.39 Å². The Morgan fingerprint density at radius 1 is 1.00 bits per heavy atom.